The van der Waals surface area contributed by atoms with E-state index in [4.69, 9.17) is 14.6 Å². The van der Waals surface area contributed by atoms with E-state index in [9.17, 15) is 9.59 Å². The number of amides is 1. The summed E-state index contributed by atoms with van der Waals surface area (Å²) in [6.07, 6.45) is 2.89. The normalized spacial score (nSPS) is 16.9. The van der Waals surface area contributed by atoms with Crippen LogP contribution in [0.25, 0.3) is 0 Å². The molecule has 0 aromatic carbocycles. The van der Waals surface area contributed by atoms with E-state index >= 15 is 0 Å². The number of rotatable bonds is 9. The third-order valence-corrected chi connectivity index (χ3v) is 3.27. The van der Waals surface area contributed by atoms with Gasteiger partial charge in [-0.1, -0.05) is 6.42 Å². The fourth-order valence-electron chi connectivity index (χ4n) is 2.06. The summed E-state index contributed by atoms with van der Waals surface area (Å²) in [4.78, 5) is 22.2. The summed E-state index contributed by atoms with van der Waals surface area (Å²) in [6.45, 7) is 1.25. The van der Waals surface area contributed by atoms with Crippen molar-refractivity contribution in [1.82, 2.24) is 5.32 Å². The number of ether oxygens (including phenoxy) is 2. The second-order valence-corrected chi connectivity index (χ2v) is 4.75. The third-order valence-electron chi connectivity index (χ3n) is 3.27. The Balaban J connectivity index is 2.18. The van der Waals surface area contributed by atoms with Crippen LogP contribution in [0.15, 0.2) is 0 Å². The fraction of sp³-hybridized carbons (Fsp3) is 0.833. The molecule has 6 heteroatoms. The average Bonchev–Trinajstić information content (AvgIpc) is 2.27. The molecule has 2 N–H and O–H groups in total. The van der Waals surface area contributed by atoms with Crippen molar-refractivity contribution in [2.45, 2.75) is 25.7 Å². The Labute approximate surface area is 107 Å². The number of nitrogens with one attached hydrogen (secondary N) is 1. The van der Waals surface area contributed by atoms with Gasteiger partial charge >= 0.3 is 5.97 Å². The Kier molecular flexibility index (Phi) is 6.07. The van der Waals surface area contributed by atoms with Gasteiger partial charge in [0.2, 0.25) is 5.91 Å². The zero-order valence-corrected chi connectivity index (χ0v) is 10.7. The van der Waals surface area contributed by atoms with Crippen LogP contribution >= 0.6 is 0 Å². The van der Waals surface area contributed by atoms with Gasteiger partial charge < -0.3 is 19.9 Å². The van der Waals surface area contributed by atoms with Crippen LogP contribution in [0.1, 0.15) is 25.7 Å². The molecule has 1 amide bonds. The highest BCUT2D eigenvalue weighted by Crippen LogP contribution is 2.43. The number of hydrogen-bond acceptors (Lipinski definition) is 4. The van der Waals surface area contributed by atoms with Crippen molar-refractivity contribution >= 4 is 11.9 Å². The highest BCUT2D eigenvalue weighted by molar-refractivity contribution is 5.77. The molecule has 6 nitrogen and oxygen atoms in total. The molecule has 0 radical (unpaired) electrons. The zero-order chi connectivity index (χ0) is 13.4. The van der Waals surface area contributed by atoms with E-state index < -0.39 is 5.97 Å². The smallest absolute Gasteiger partial charge is 0.303 e. The highest BCUT2D eigenvalue weighted by Gasteiger charge is 2.39. The first kappa shape index (κ1) is 14.9. The first-order valence-corrected chi connectivity index (χ1v) is 6.13. The summed E-state index contributed by atoms with van der Waals surface area (Å²) in [5.41, 5.74) is -0.242. The molecule has 1 rings (SSSR count). The summed E-state index contributed by atoms with van der Waals surface area (Å²) < 4.78 is 9.87. The molecule has 104 valence electrons. The molecule has 0 bridgehead atoms. The van der Waals surface area contributed by atoms with Gasteiger partial charge in [0.15, 0.2) is 0 Å². The minimum atomic E-state index is -0.805. The summed E-state index contributed by atoms with van der Waals surface area (Å²) in [6, 6.07) is 0. The van der Waals surface area contributed by atoms with Crippen molar-refractivity contribution in [2.24, 2.45) is 5.41 Å². The molecular weight excluding hydrogens is 238 g/mol. The van der Waals surface area contributed by atoms with Gasteiger partial charge in [-0.05, 0) is 18.3 Å². The second kappa shape index (κ2) is 7.33. The number of methoxy groups -OCH3 is 1. The lowest BCUT2D eigenvalue weighted by Gasteiger charge is -2.40. The van der Waals surface area contributed by atoms with Crippen LogP contribution < -0.4 is 5.32 Å². The molecule has 0 spiro atoms. The maximum absolute atomic E-state index is 11.5. The van der Waals surface area contributed by atoms with Crippen molar-refractivity contribution in [1.29, 1.82) is 0 Å². The predicted molar refractivity (Wildman–Crippen MR) is 64.2 cm³/mol. The molecule has 1 aliphatic carbocycles. The standard InChI is InChI=1S/C12H21NO5/c1-17-5-6-18-8-10(14)13-9-12(3-2-4-12)7-11(15)16/h2-9H2,1H3,(H,13,14)(H,15,16). The van der Waals surface area contributed by atoms with Crippen LogP contribution in [0.3, 0.4) is 0 Å². The highest BCUT2D eigenvalue weighted by atomic mass is 16.5. The van der Waals surface area contributed by atoms with Gasteiger partial charge in [0.1, 0.15) is 6.61 Å². The van der Waals surface area contributed by atoms with Crippen molar-refractivity contribution in [2.75, 3.05) is 33.5 Å². The maximum Gasteiger partial charge on any atom is 0.303 e. The second-order valence-electron chi connectivity index (χ2n) is 4.75. The van der Waals surface area contributed by atoms with Gasteiger partial charge in [0.25, 0.3) is 0 Å². The number of carboxylic acids is 1. The average molecular weight is 259 g/mol. The first-order valence-electron chi connectivity index (χ1n) is 6.13. The summed E-state index contributed by atoms with van der Waals surface area (Å²) >= 11 is 0. The number of hydrogen-bond donors (Lipinski definition) is 2. The van der Waals surface area contributed by atoms with Crippen LogP contribution in [-0.2, 0) is 19.1 Å². The van der Waals surface area contributed by atoms with E-state index in [0.29, 0.717) is 19.8 Å². The van der Waals surface area contributed by atoms with E-state index in [2.05, 4.69) is 5.32 Å². The molecule has 0 heterocycles. The van der Waals surface area contributed by atoms with Crippen LogP contribution in [0, 0.1) is 5.41 Å². The minimum Gasteiger partial charge on any atom is -0.481 e. The van der Waals surface area contributed by atoms with Crippen LogP contribution in [0.2, 0.25) is 0 Å². The van der Waals surface area contributed by atoms with Crippen LogP contribution in [0.5, 0.6) is 0 Å². The predicted octanol–water partition coefficient (Wildman–Crippen LogP) is 0.411. The number of carbonyl (C=O) groups excluding carboxylic acids is 1. The van der Waals surface area contributed by atoms with Crippen LogP contribution in [0.4, 0.5) is 0 Å². The third kappa shape index (κ3) is 5.01. The Hall–Kier alpha value is -1.14. The minimum absolute atomic E-state index is 0.00743. The quantitative estimate of drug-likeness (QED) is 0.586. The molecule has 0 aliphatic heterocycles. The van der Waals surface area contributed by atoms with Crippen LogP contribution in [-0.4, -0.2) is 50.5 Å². The van der Waals surface area contributed by atoms with Gasteiger partial charge in [-0.15, -0.1) is 0 Å². The van der Waals surface area contributed by atoms with Gasteiger partial charge in [-0.25, -0.2) is 0 Å². The van der Waals surface area contributed by atoms with Crippen molar-refractivity contribution in [3.8, 4) is 0 Å². The summed E-state index contributed by atoms with van der Waals surface area (Å²) in [5, 5.41) is 11.6. The van der Waals surface area contributed by atoms with Crippen molar-refractivity contribution in [3.63, 3.8) is 0 Å². The van der Waals surface area contributed by atoms with Gasteiger partial charge in [0.05, 0.1) is 19.6 Å². The molecule has 1 fully saturated rings. The molecular formula is C12H21NO5. The van der Waals surface area contributed by atoms with E-state index in [1.54, 1.807) is 7.11 Å². The molecule has 0 aromatic rings. The number of aliphatic carboxylic acids is 1. The molecule has 18 heavy (non-hydrogen) atoms. The Morgan fingerprint density at radius 3 is 2.56 bits per heavy atom. The molecule has 0 atom stereocenters. The van der Waals surface area contributed by atoms with Gasteiger partial charge in [-0.3, -0.25) is 9.59 Å². The van der Waals surface area contributed by atoms with E-state index in [1.165, 1.54) is 0 Å². The van der Waals surface area contributed by atoms with Gasteiger partial charge in [-0.2, -0.15) is 0 Å². The monoisotopic (exact) mass is 259 g/mol. The molecule has 0 aromatic heterocycles. The van der Waals surface area contributed by atoms with E-state index in [0.717, 1.165) is 19.3 Å². The number of carbonyl (C=O) groups is 2. The zero-order valence-electron chi connectivity index (χ0n) is 10.7. The molecule has 1 saturated carbocycles. The van der Waals surface area contributed by atoms with Crippen molar-refractivity contribution in [3.05, 3.63) is 0 Å². The summed E-state index contributed by atoms with van der Waals surface area (Å²) in [7, 11) is 1.57. The fourth-order valence-corrected chi connectivity index (χ4v) is 2.06. The first-order chi connectivity index (χ1) is 8.58. The molecule has 0 unspecified atom stereocenters. The number of carboxylic acid groups (broad SMARTS) is 1. The SMILES string of the molecule is COCCOCC(=O)NCC1(CC(=O)O)CCC1. The van der Waals surface area contributed by atoms with Gasteiger partial charge in [0, 0.05) is 13.7 Å². The molecule has 1 aliphatic rings. The molecule has 0 saturated heterocycles. The largest absolute Gasteiger partial charge is 0.481 e. The van der Waals surface area contributed by atoms with E-state index in [1.807, 2.05) is 0 Å². The Morgan fingerprint density at radius 2 is 2.06 bits per heavy atom. The lowest BCUT2D eigenvalue weighted by molar-refractivity contribution is -0.142. The topological polar surface area (TPSA) is 84.9 Å². The maximum atomic E-state index is 11.5. The lowest BCUT2D eigenvalue weighted by Crippen LogP contribution is -2.44. The van der Waals surface area contributed by atoms with Crippen molar-refractivity contribution < 1.29 is 24.2 Å². The van der Waals surface area contributed by atoms with E-state index in [-0.39, 0.29) is 24.3 Å². The summed E-state index contributed by atoms with van der Waals surface area (Å²) in [5.74, 6) is -1.01. The Bertz CT molecular complexity index is 288. The lowest BCUT2D eigenvalue weighted by atomic mass is 9.66. The Morgan fingerprint density at radius 1 is 1.33 bits per heavy atom.